The van der Waals surface area contributed by atoms with E-state index in [1.165, 1.54) is 180 Å². The van der Waals surface area contributed by atoms with E-state index in [9.17, 15) is 43.2 Å². The van der Waals surface area contributed by atoms with Gasteiger partial charge < -0.3 is 33.8 Å². The van der Waals surface area contributed by atoms with E-state index in [1.54, 1.807) is 0 Å². The molecule has 0 rings (SSSR count). The Balaban J connectivity index is 5.31. The summed E-state index contributed by atoms with van der Waals surface area (Å²) in [5.74, 6) is -2.17. The van der Waals surface area contributed by atoms with E-state index in [-0.39, 0.29) is 25.7 Å². The monoisotopic (exact) mass is 1440 g/mol. The highest BCUT2D eigenvalue weighted by atomic mass is 31.2. The number of carbonyl (C=O) groups is 4. The van der Waals surface area contributed by atoms with Crippen LogP contribution in [0.15, 0.2) is 48.6 Å². The predicted molar refractivity (Wildman–Crippen MR) is 404 cm³/mol. The first-order valence-corrected chi connectivity index (χ1v) is 43.4. The summed E-state index contributed by atoms with van der Waals surface area (Å²) in [6, 6.07) is 0. The molecule has 0 aromatic rings. The molecule has 0 aliphatic heterocycles. The van der Waals surface area contributed by atoms with Crippen molar-refractivity contribution in [1.82, 2.24) is 0 Å². The first kappa shape index (κ1) is 96.0. The highest BCUT2D eigenvalue weighted by Gasteiger charge is 2.30. The van der Waals surface area contributed by atoms with Crippen molar-refractivity contribution in [2.45, 2.75) is 399 Å². The molecule has 580 valence electrons. The zero-order valence-electron chi connectivity index (χ0n) is 63.4. The molecule has 0 aromatic heterocycles. The number of aliphatic hydroxyl groups excluding tert-OH is 1. The largest absolute Gasteiger partial charge is 0.472 e. The van der Waals surface area contributed by atoms with Crippen LogP contribution in [-0.2, 0) is 65.4 Å². The van der Waals surface area contributed by atoms with Gasteiger partial charge >= 0.3 is 39.5 Å². The molecule has 0 amide bonds. The van der Waals surface area contributed by atoms with E-state index < -0.39 is 97.5 Å². The van der Waals surface area contributed by atoms with Crippen LogP contribution in [0.25, 0.3) is 0 Å². The maximum Gasteiger partial charge on any atom is 0.472 e. The molecule has 0 radical (unpaired) electrons. The minimum Gasteiger partial charge on any atom is -0.462 e. The molecule has 0 aliphatic rings. The van der Waals surface area contributed by atoms with Gasteiger partial charge in [-0.2, -0.15) is 0 Å². The molecule has 3 N–H and O–H groups in total. The van der Waals surface area contributed by atoms with E-state index in [1.807, 2.05) is 0 Å². The second-order valence-electron chi connectivity index (χ2n) is 27.4. The third kappa shape index (κ3) is 73.1. The quantitative estimate of drug-likeness (QED) is 0.0169. The summed E-state index contributed by atoms with van der Waals surface area (Å²) >= 11 is 0. The molecule has 0 fully saturated rings. The summed E-state index contributed by atoms with van der Waals surface area (Å²) < 4.78 is 68.6. The van der Waals surface area contributed by atoms with E-state index >= 15 is 0 Å². The van der Waals surface area contributed by atoms with Gasteiger partial charge in [0.25, 0.3) is 0 Å². The predicted octanol–water partition coefficient (Wildman–Crippen LogP) is 23.3. The van der Waals surface area contributed by atoms with Gasteiger partial charge in [0.05, 0.1) is 26.4 Å². The normalized spacial score (nSPS) is 14.1. The number of esters is 4. The van der Waals surface area contributed by atoms with Crippen LogP contribution in [0.5, 0.6) is 0 Å². The molecule has 0 bridgehead atoms. The average molecular weight is 1440 g/mol. The standard InChI is InChI=1S/C80H148O17P2/c1-5-9-13-17-21-25-29-32-35-36-37-40-43-47-51-55-59-63-67-80(85)97-76(71-91-78(83)65-61-57-53-49-45-41-38-33-30-26-22-18-14-10-6-2)73-95-99(88,89)93-69-74(81)68-92-98(86,87)94-72-75(70-90-77(82)64-60-56-52-48-44-28-24-20-16-12-8-4)96-79(84)66-62-58-54-50-46-42-39-34-31-27-23-19-15-11-7-3/h26-27,30-31,33-34,38-39,74-76,81H,5-25,28-29,32,35-37,40-73H2,1-4H3,(H,86,87)(H,88,89)/b30-26-,31-27-,38-33-,39-34-/t74-,75+,76+/m0/s1. The molecule has 5 atom stereocenters. The number of phosphoric ester groups is 2. The lowest BCUT2D eigenvalue weighted by Gasteiger charge is -2.21. The van der Waals surface area contributed by atoms with Gasteiger partial charge in [-0.05, 0) is 77.0 Å². The fourth-order valence-electron chi connectivity index (χ4n) is 11.4. The summed E-state index contributed by atoms with van der Waals surface area (Å²) in [6.07, 6.45) is 70.9. The second kappa shape index (κ2) is 73.3. The molecule has 0 heterocycles. The Morgan fingerprint density at radius 2 is 0.485 bits per heavy atom. The van der Waals surface area contributed by atoms with E-state index in [0.29, 0.717) is 25.7 Å². The maximum absolute atomic E-state index is 13.1. The number of ether oxygens (including phenoxy) is 4. The molecule has 0 saturated carbocycles. The minimum absolute atomic E-state index is 0.0834. The number of carbonyl (C=O) groups excluding carboxylic acids is 4. The SMILES string of the molecule is CCCCCC/C=C\C=C/CCCCCCCC(=O)OC[C@H](COP(=O)(O)OC[C@@H](O)COP(=O)(O)OC[C@@H](COC(=O)CCCCCCCCCCCCC)OC(=O)CCCCCCC/C=C\C=C/CCCCCC)OC(=O)CCCCCCCCCCCCCCCCCCCC. The van der Waals surface area contributed by atoms with Crippen molar-refractivity contribution >= 4 is 39.5 Å². The zero-order valence-corrected chi connectivity index (χ0v) is 65.2. The summed E-state index contributed by atoms with van der Waals surface area (Å²) in [7, 11) is -9.94. The van der Waals surface area contributed by atoms with Crippen LogP contribution in [-0.4, -0.2) is 96.7 Å². The van der Waals surface area contributed by atoms with Gasteiger partial charge in [0, 0.05) is 25.7 Å². The van der Waals surface area contributed by atoms with Gasteiger partial charge in [-0.1, -0.05) is 327 Å². The smallest absolute Gasteiger partial charge is 0.462 e. The fourth-order valence-corrected chi connectivity index (χ4v) is 13.0. The maximum atomic E-state index is 13.1. The third-order valence-electron chi connectivity index (χ3n) is 17.6. The highest BCUT2D eigenvalue weighted by Crippen LogP contribution is 2.45. The van der Waals surface area contributed by atoms with Crippen molar-refractivity contribution < 1.29 is 80.2 Å². The van der Waals surface area contributed by atoms with Gasteiger partial charge in [0.2, 0.25) is 0 Å². The molecule has 19 heteroatoms. The molecule has 2 unspecified atom stereocenters. The summed E-state index contributed by atoms with van der Waals surface area (Å²) in [5.41, 5.74) is 0. The van der Waals surface area contributed by atoms with Crippen LogP contribution in [0.2, 0.25) is 0 Å². The molecular weight excluding hydrogens is 1290 g/mol. The average Bonchev–Trinajstić information content (AvgIpc) is 1.02. The van der Waals surface area contributed by atoms with Crippen LogP contribution in [0.1, 0.15) is 381 Å². The molecule has 0 aromatic carbocycles. The topological polar surface area (TPSA) is 237 Å². The lowest BCUT2D eigenvalue weighted by molar-refractivity contribution is -0.161. The lowest BCUT2D eigenvalue weighted by atomic mass is 10.0. The zero-order chi connectivity index (χ0) is 72.5. The summed E-state index contributed by atoms with van der Waals surface area (Å²) in [6.45, 7) is 4.88. The van der Waals surface area contributed by atoms with Crippen molar-refractivity contribution in [2.24, 2.45) is 0 Å². The molecular formula is C80H148O17P2. The Bertz CT molecular complexity index is 2070. The van der Waals surface area contributed by atoms with Crippen molar-refractivity contribution in [3.8, 4) is 0 Å². The fraction of sp³-hybridized carbons (Fsp3) is 0.850. The third-order valence-corrected chi connectivity index (χ3v) is 19.5. The van der Waals surface area contributed by atoms with Crippen LogP contribution >= 0.6 is 15.6 Å². The van der Waals surface area contributed by atoms with Crippen LogP contribution < -0.4 is 0 Å². The molecule has 99 heavy (non-hydrogen) atoms. The van der Waals surface area contributed by atoms with Crippen molar-refractivity contribution in [3.63, 3.8) is 0 Å². The second-order valence-corrected chi connectivity index (χ2v) is 30.3. The number of rotatable bonds is 77. The number of allylic oxidation sites excluding steroid dienone is 8. The van der Waals surface area contributed by atoms with Crippen LogP contribution in [0.4, 0.5) is 0 Å². The molecule has 17 nitrogen and oxygen atoms in total. The Labute approximate surface area is 604 Å². The first-order valence-electron chi connectivity index (χ1n) is 40.4. The number of phosphoric acid groups is 2. The van der Waals surface area contributed by atoms with Gasteiger partial charge in [-0.3, -0.25) is 37.3 Å². The number of hydrogen-bond donors (Lipinski definition) is 3. The van der Waals surface area contributed by atoms with Gasteiger partial charge in [-0.15, -0.1) is 0 Å². The Kier molecular flexibility index (Phi) is 71.1. The first-order chi connectivity index (χ1) is 48.2. The Morgan fingerprint density at radius 1 is 0.283 bits per heavy atom. The van der Waals surface area contributed by atoms with E-state index in [2.05, 4.69) is 76.3 Å². The van der Waals surface area contributed by atoms with Crippen molar-refractivity contribution in [3.05, 3.63) is 48.6 Å². The molecule has 0 saturated heterocycles. The van der Waals surface area contributed by atoms with Gasteiger partial charge in [0.15, 0.2) is 12.2 Å². The highest BCUT2D eigenvalue weighted by molar-refractivity contribution is 7.47. The van der Waals surface area contributed by atoms with Gasteiger partial charge in [-0.25, -0.2) is 9.13 Å². The summed E-state index contributed by atoms with van der Waals surface area (Å²) in [4.78, 5) is 72.9. The molecule has 0 spiro atoms. The lowest BCUT2D eigenvalue weighted by Crippen LogP contribution is -2.30. The number of unbranched alkanes of at least 4 members (excludes halogenated alkanes) is 45. The van der Waals surface area contributed by atoms with Crippen molar-refractivity contribution in [2.75, 3.05) is 39.6 Å². The van der Waals surface area contributed by atoms with Gasteiger partial charge in [0.1, 0.15) is 19.3 Å². The molecule has 0 aliphatic carbocycles. The minimum atomic E-state index is -4.97. The van der Waals surface area contributed by atoms with E-state index in [0.717, 1.165) is 122 Å². The summed E-state index contributed by atoms with van der Waals surface area (Å²) in [5, 5.41) is 10.6. The van der Waals surface area contributed by atoms with Crippen LogP contribution in [0.3, 0.4) is 0 Å². The Hall–Kier alpha value is -2.98. The number of aliphatic hydroxyl groups is 1. The van der Waals surface area contributed by atoms with Crippen molar-refractivity contribution in [1.29, 1.82) is 0 Å². The van der Waals surface area contributed by atoms with E-state index in [4.69, 9.17) is 37.0 Å². The number of hydrogen-bond acceptors (Lipinski definition) is 15. The van der Waals surface area contributed by atoms with Crippen LogP contribution in [0, 0.1) is 0 Å². The Morgan fingerprint density at radius 3 is 0.737 bits per heavy atom.